The first kappa shape index (κ1) is 23.6. The second-order valence-corrected chi connectivity index (χ2v) is 10.7. The van der Waals surface area contributed by atoms with Crippen LogP contribution in [0.15, 0.2) is 54.6 Å². The maximum atomic E-state index is 11.0. The van der Waals surface area contributed by atoms with Crippen molar-refractivity contribution >= 4 is 11.3 Å². The first-order chi connectivity index (χ1) is 16.2. The molecule has 5 rings (SSSR count). The van der Waals surface area contributed by atoms with Gasteiger partial charge in [-0.3, -0.25) is 0 Å². The van der Waals surface area contributed by atoms with Crippen LogP contribution in [0.3, 0.4) is 0 Å². The van der Waals surface area contributed by atoms with Crippen molar-refractivity contribution in [1.29, 1.82) is 0 Å². The summed E-state index contributed by atoms with van der Waals surface area (Å²) in [7, 11) is 0. The molecule has 2 aromatic carbocycles. The van der Waals surface area contributed by atoms with Crippen LogP contribution in [0.2, 0.25) is 0 Å². The van der Waals surface area contributed by atoms with Crippen LogP contribution < -0.4 is 0 Å². The molecular weight excluding hydrogens is 452 g/mol. The second-order valence-electron chi connectivity index (χ2n) is 9.49. The number of hydrogen-bond acceptors (Lipinski definition) is 7. The summed E-state index contributed by atoms with van der Waals surface area (Å²) in [5.41, 5.74) is 4.96. The third kappa shape index (κ3) is 4.57. The van der Waals surface area contributed by atoms with E-state index in [1.54, 1.807) is 25.2 Å². The van der Waals surface area contributed by atoms with Crippen molar-refractivity contribution in [2.45, 2.75) is 70.3 Å². The predicted molar refractivity (Wildman–Crippen MR) is 129 cm³/mol. The number of rotatable bonds is 6. The third-order valence-corrected chi connectivity index (χ3v) is 7.66. The van der Waals surface area contributed by atoms with E-state index >= 15 is 0 Å². The summed E-state index contributed by atoms with van der Waals surface area (Å²) in [5, 5.41) is 31.0. The van der Waals surface area contributed by atoms with Crippen LogP contribution in [-0.2, 0) is 27.2 Å². The SMILES string of the molecule is Cc1ccc(C(O)C2OC3OC(C)(C)OC3C2O)cc1Cc1ccc(-c2ccc(CO)cc2)s1. The van der Waals surface area contributed by atoms with Gasteiger partial charge in [0, 0.05) is 16.2 Å². The average Bonchev–Trinajstić information content (AvgIpc) is 3.49. The number of benzene rings is 2. The molecule has 0 bridgehead atoms. The van der Waals surface area contributed by atoms with E-state index in [0.29, 0.717) is 5.56 Å². The van der Waals surface area contributed by atoms with E-state index in [1.165, 1.54) is 9.75 Å². The Morgan fingerprint density at radius 3 is 2.50 bits per heavy atom. The molecule has 7 heteroatoms. The number of aliphatic hydroxyl groups excluding tert-OH is 3. The summed E-state index contributed by atoms with van der Waals surface area (Å²) in [5.74, 6) is -0.816. The molecule has 0 radical (unpaired) electrons. The minimum Gasteiger partial charge on any atom is -0.392 e. The van der Waals surface area contributed by atoms with Crippen molar-refractivity contribution in [3.05, 3.63) is 81.7 Å². The number of aliphatic hydroxyl groups is 3. The van der Waals surface area contributed by atoms with Crippen LogP contribution in [0.1, 0.15) is 47.1 Å². The highest BCUT2D eigenvalue weighted by Crippen LogP contribution is 2.41. The molecule has 34 heavy (non-hydrogen) atoms. The second kappa shape index (κ2) is 9.17. The van der Waals surface area contributed by atoms with Gasteiger partial charge in [-0.25, -0.2) is 0 Å². The molecule has 0 saturated carbocycles. The predicted octanol–water partition coefficient (Wildman–Crippen LogP) is 4.08. The molecule has 0 amide bonds. The van der Waals surface area contributed by atoms with E-state index in [2.05, 4.69) is 19.1 Å². The van der Waals surface area contributed by atoms with Crippen LogP contribution in [0, 0.1) is 6.92 Å². The van der Waals surface area contributed by atoms with Crippen LogP contribution in [-0.4, -0.2) is 45.7 Å². The smallest absolute Gasteiger partial charge is 0.190 e. The van der Waals surface area contributed by atoms with E-state index in [1.807, 2.05) is 42.5 Å². The standard InChI is InChI=1S/C27H30O6S/c1-15-4-7-18(22(29)24-23(30)25-26(31-24)33-27(2,3)32-25)12-19(15)13-20-10-11-21(34-20)17-8-5-16(14-28)6-9-17/h4-12,22-26,28-30H,13-14H2,1-3H3. The maximum absolute atomic E-state index is 11.0. The molecule has 2 aliphatic heterocycles. The summed E-state index contributed by atoms with van der Waals surface area (Å²) in [6.07, 6.45) is -3.37. The van der Waals surface area contributed by atoms with E-state index in [0.717, 1.165) is 28.7 Å². The van der Waals surface area contributed by atoms with Gasteiger partial charge in [-0.1, -0.05) is 42.5 Å². The van der Waals surface area contributed by atoms with Gasteiger partial charge in [0.2, 0.25) is 0 Å². The lowest BCUT2D eigenvalue weighted by molar-refractivity contribution is -0.226. The Balaban J connectivity index is 1.31. The molecule has 6 nitrogen and oxygen atoms in total. The largest absolute Gasteiger partial charge is 0.392 e. The Labute approximate surface area is 203 Å². The number of hydrogen-bond donors (Lipinski definition) is 3. The zero-order valence-corrected chi connectivity index (χ0v) is 20.3. The maximum Gasteiger partial charge on any atom is 0.190 e. The molecule has 0 aliphatic carbocycles. The van der Waals surface area contributed by atoms with Gasteiger partial charge < -0.3 is 29.5 Å². The molecular formula is C27H30O6S. The Bertz CT molecular complexity index is 1150. The quantitative estimate of drug-likeness (QED) is 0.491. The normalized spacial score (nSPS) is 26.5. The van der Waals surface area contributed by atoms with Crippen molar-refractivity contribution in [2.24, 2.45) is 0 Å². The summed E-state index contributed by atoms with van der Waals surface area (Å²) < 4.78 is 17.3. The Morgan fingerprint density at radius 2 is 1.79 bits per heavy atom. The van der Waals surface area contributed by atoms with Crippen molar-refractivity contribution in [3.63, 3.8) is 0 Å². The lowest BCUT2D eigenvalue weighted by atomic mass is 9.94. The molecule has 3 heterocycles. The number of thiophene rings is 1. The molecule has 3 N–H and O–H groups in total. The van der Waals surface area contributed by atoms with Crippen molar-refractivity contribution in [2.75, 3.05) is 0 Å². The molecule has 1 aromatic heterocycles. The summed E-state index contributed by atoms with van der Waals surface area (Å²) in [4.78, 5) is 2.39. The summed E-state index contributed by atoms with van der Waals surface area (Å²) in [6.45, 7) is 5.65. The molecule has 2 aliphatic rings. The summed E-state index contributed by atoms with van der Waals surface area (Å²) in [6, 6.07) is 18.0. The average molecular weight is 483 g/mol. The van der Waals surface area contributed by atoms with E-state index in [-0.39, 0.29) is 6.61 Å². The number of fused-ring (bicyclic) bond motifs is 1. The minimum absolute atomic E-state index is 0.0414. The van der Waals surface area contributed by atoms with Crippen molar-refractivity contribution < 1.29 is 29.5 Å². The van der Waals surface area contributed by atoms with Gasteiger partial charge in [0.15, 0.2) is 12.1 Å². The van der Waals surface area contributed by atoms with Gasteiger partial charge in [0.25, 0.3) is 0 Å². The molecule has 2 fully saturated rings. The van der Waals surface area contributed by atoms with Gasteiger partial charge in [-0.05, 0) is 60.7 Å². The Hall–Kier alpha value is -2.10. The van der Waals surface area contributed by atoms with Crippen LogP contribution >= 0.6 is 11.3 Å². The van der Waals surface area contributed by atoms with Gasteiger partial charge in [0.1, 0.15) is 24.4 Å². The molecule has 180 valence electrons. The monoisotopic (exact) mass is 482 g/mol. The molecule has 2 saturated heterocycles. The Morgan fingerprint density at radius 1 is 1.03 bits per heavy atom. The lowest BCUT2D eigenvalue weighted by Crippen LogP contribution is -2.37. The fraction of sp³-hybridized carbons (Fsp3) is 0.407. The molecule has 5 atom stereocenters. The topological polar surface area (TPSA) is 88.4 Å². The first-order valence-corrected chi connectivity index (χ1v) is 12.3. The molecule has 0 spiro atoms. The fourth-order valence-corrected chi connectivity index (χ4v) is 5.66. The zero-order chi connectivity index (χ0) is 24.0. The van der Waals surface area contributed by atoms with Gasteiger partial charge >= 0.3 is 0 Å². The highest BCUT2D eigenvalue weighted by molar-refractivity contribution is 7.15. The first-order valence-electron chi connectivity index (χ1n) is 11.5. The van der Waals surface area contributed by atoms with Crippen molar-refractivity contribution in [3.8, 4) is 10.4 Å². The van der Waals surface area contributed by atoms with Gasteiger partial charge in [0.05, 0.1) is 6.61 Å². The molecule has 5 unspecified atom stereocenters. The van der Waals surface area contributed by atoms with E-state index in [9.17, 15) is 15.3 Å². The third-order valence-electron chi connectivity index (χ3n) is 6.53. The summed E-state index contributed by atoms with van der Waals surface area (Å²) >= 11 is 1.73. The van der Waals surface area contributed by atoms with Crippen molar-refractivity contribution in [1.82, 2.24) is 0 Å². The highest BCUT2D eigenvalue weighted by atomic mass is 32.1. The van der Waals surface area contributed by atoms with Crippen LogP contribution in [0.25, 0.3) is 10.4 Å². The minimum atomic E-state index is -1.00. The Kier molecular flexibility index (Phi) is 6.37. The van der Waals surface area contributed by atoms with E-state index in [4.69, 9.17) is 14.2 Å². The van der Waals surface area contributed by atoms with Gasteiger partial charge in [-0.2, -0.15) is 0 Å². The number of aryl methyl sites for hydroxylation is 1. The molecule has 3 aromatic rings. The van der Waals surface area contributed by atoms with Crippen LogP contribution in [0.5, 0.6) is 0 Å². The van der Waals surface area contributed by atoms with Crippen LogP contribution in [0.4, 0.5) is 0 Å². The number of ether oxygens (including phenoxy) is 3. The van der Waals surface area contributed by atoms with Gasteiger partial charge in [-0.15, -0.1) is 11.3 Å². The van der Waals surface area contributed by atoms with E-state index < -0.39 is 36.5 Å². The fourth-order valence-electron chi connectivity index (χ4n) is 4.62. The lowest BCUT2D eigenvalue weighted by Gasteiger charge is -2.26. The zero-order valence-electron chi connectivity index (χ0n) is 19.5. The highest BCUT2D eigenvalue weighted by Gasteiger charge is 2.56.